The van der Waals surface area contributed by atoms with E-state index in [2.05, 4.69) is 0 Å². The Bertz CT molecular complexity index is 382. The molecule has 0 unspecified atom stereocenters. The van der Waals surface area contributed by atoms with Gasteiger partial charge in [-0.25, -0.2) is 0 Å². The predicted molar refractivity (Wildman–Crippen MR) is 65.9 cm³/mol. The molecule has 0 saturated carbocycles. The van der Waals surface area contributed by atoms with E-state index in [0.29, 0.717) is 12.1 Å². The fraction of sp³-hybridized carbons (Fsp3) is 0.333. The Morgan fingerprint density at radius 1 is 1.38 bits per heavy atom. The lowest BCUT2D eigenvalue weighted by atomic mass is 9.77. The lowest BCUT2D eigenvalue weighted by Gasteiger charge is -2.08. The maximum absolute atomic E-state index is 9.05. The van der Waals surface area contributed by atoms with Crippen LogP contribution in [-0.4, -0.2) is 23.8 Å². The number of hydrogen-bond donors (Lipinski definition) is 2. The van der Waals surface area contributed by atoms with Gasteiger partial charge in [-0.1, -0.05) is 11.6 Å². The first-order valence-corrected chi connectivity index (χ1v) is 5.23. The van der Waals surface area contributed by atoms with Gasteiger partial charge < -0.3 is 14.8 Å². The molecule has 2 N–H and O–H groups in total. The van der Waals surface area contributed by atoms with Gasteiger partial charge in [0, 0.05) is 0 Å². The molecule has 0 spiro atoms. The van der Waals surface area contributed by atoms with Crippen molar-refractivity contribution in [2.45, 2.75) is 20.8 Å². The number of benzene rings is 1. The molecule has 0 aliphatic carbocycles. The lowest BCUT2D eigenvalue weighted by molar-refractivity contribution is 0.362. The van der Waals surface area contributed by atoms with Gasteiger partial charge in [0.25, 0.3) is 0 Å². The van der Waals surface area contributed by atoms with Gasteiger partial charge in [-0.05, 0) is 50.0 Å². The monoisotopic (exact) mass is 220 g/mol. The van der Waals surface area contributed by atoms with Crippen LogP contribution in [0.2, 0.25) is 0 Å². The van der Waals surface area contributed by atoms with E-state index in [1.54, 1.807) is 18.2 Å². The highest BCUT2D eigenvalue weighted by atomic mass is 16.5. The molecule has 16 heavy (non-hydrogen) atoms. The lowest BCUT2D eigenvalue weighted by Crippen LogP contribution is -2.31. The van der Waals surface area contributed by atoms with Crippen LogP contribution in [0, 0.1) is 6.92 Å². The van der Waals surface area contributed by atoms with E-state index in [1.165, 1.54) is 5.57 Å². The quantitative estimate of drug-likeness (QED) is 0.588. The molecule has 3 nitrogen and oxygen atoms in total. The maximum Gasteiger partial charge on any atom is 0.488 e. The van der Waals surface area contributed by atoms with Crippen molar-refractivity contribution in [3.05, 3.63) is 35.4 Å². The zero-order valence-corrected chi connectivity index (χ0v) is 9.90. The molecule has 0 bridgehead atoms. The van der Waals surface area contributed by atoms with Crippen molar-refractivity contribution in [2.75, 3.05) is 6.61 Å². The summed E-state index contributed by atoms with van der Waals surface area (Å²) in [4.78, 5) is 0. The summed E-state index contributed by atoms with van der Waals surface area (Å²) in [5, 5.41) is 18.1. The molecule has 0 aliphatic heterocycles. The Balaban J connectivity index is 2.70. The van der Waals surface area contributed by atoms with Gasteiger partial charge in [-0.2, -0.15) is 0 Å². The smallest absolute Gasteiger partial charge is 0.488 e. The van der Waals surface area contributed by atoms with Crippen LogP contribution in [0.1, 0.15) is 19.4 Å². The first kappa shape index (κ1) is 12.8. The largest absolute Gasteiger partial charge is 0.490 e. The normalized spacial score (nSPS) is 9.81. The number of rotatable bonds is 4. The molecule has 0 saturated heterocycles. The molecular formula is C12H17BO3. The van der Waals surface area contributed by atoms with E-state index in [1.807, 2.05) is 26.8 Å². The summed E-state index contributed by atoms with van der Waals surface area (Å²) in [7, 11) is -1.42. The van der Waals surface area contributed by atoms with Crippen LogP contribution in [0.3, 0.4) is 0 Å². The number of aryl methyl sites for hydroxylation is 1. The number of allylic oxidation sites excluding steroid dienone is 1. The van der Waals surface area contributed by atoms with Crippen molar-refractivity contribution in [3.63, 3.8) is 0 Å². The second kappa shape index (κ2) is 5.73. The Hall–Kier alpha value is -1.26. The van der Waals surface area contributed by atoms with E-state index in [0.717, 1.165) is 11.3 Å². The summed E-state index contributed by atoms with van der Waals surface area (Å²) in [6, 6.07) is 5.20. The highest BCUT2D eigenvalue weighted by Crippen LogP contribution is 2.11. The van der Waals surface area contributed by atoms with Crippen LogP contribution in [0.25, 0.3) is 0 Å². The van der Waals surface area contributed by atoms with Gasteiger partial charge in [-0.3, -0.25) is 0 Å². The molecule has 1 aromatic rings. The molecular weight excluding hydrogens is 203 g/mol. The van der Waals surface area contributed by atoms with Gasteiger partial charge in [0.1, 0.15) is 12.4 Å². The zero-order valence-electron chi connectivity index (χ0n) is 9.90. The minimum atomic E-state index is -1.42. The molecule has 0 atom stereocenters. The van der Waals surface area contributed by atoms with Crippen molar-refractivity contribution in [1.29, 1.82) is 0 Å². The molecule has 0 aromatic heterocycles. The maximum atomic E-state index is 9.05. The highest BCUT2D eigenvalue weighted by molar-refractivity contribution is 6.59. The first-order chi connectivity index (χ1) is 7.50. The average molecular weight is 220 g/mol. The molecule has 0 aliphatic rings. The fourth-order valence-corrected chi connectivity index (χ4v) is 1.33. The average Bonchev–Trinajstić information content (AvgIpc) is 2.16. The standard InChI is InChI=1S/C12H17BO3/c1-9(2)6-7-16-11-4-5-12(13(14)15)10(3)8-11/h4-6,8,14-15H,7H2,1-3H3. The molecule has 4 heteroatoms. The second-order valence-corrected chi connectivity index (χ2v) is 3.98. The van der Waals surface area contributed by atoms with E-state index in [4.69, 9.17) is 14.8 Å². The zero-order chi connectivity index (χ0) is 12.1. The third-order valence-corrected chi connectivity index (χ3v) is 2.26. The minimum Gasteiger partial charge on any atom is -0.490 e. The summed E-state index contributed by atoms with van der Waals surface area (Å²) in [6.45, 7) is 6.38. The van der Waals surface area contributed by atoms with Crippen molar-refractivity contribution in [1.82, 2.24) is 0 Å². The fourth-order valence-electron chi connectivity index (χ4n) is 1.33. The molecule has 0 heterocycles. The Morgan fingerprint density at radius 3 is 2.56 bits per heavy atom. The van der Waals surface area contributed by atoms with E-state index in [-0.39, 0.29) is 0 Å². The van der Waals surface area contributed by atoms with Gasteiger partial charge in [-0.15, -0.1) is 0 Å². The molecule has 0 radical (unpaired) electrons. The summed E-state index contributed by atoms with van der Waals surface area (Å²) < 4.78 is 5.49. The van der Waals surface area contributed by atoms with Crippen LogP contribution in [0.15, 0.2) is 29.8 Å². The van der Waals surface area contributed by atoms with E-state index >= 15 is 0 Å². The van der Waals surface area contributed by atoms with Crippen LogP contribution < -0.4 is 10.2 Å². The SMILES string of the molecule is CC(C)=CCOc1ccc(B(O)O)c(C)c1. The van der Waals surface area contributed by atoms with Crippen LogP contribution in [0.5, 0.6) is 5.75 Å². The molecule has 1 rings (SSSR count). The molecule has 0 fully saturated rings. The summed E-state index contributed by atoms with van der Waals surface area (Å²) >= 11 is 0. The summed E-state index contributed by atoms with van der Waals surface area (Å²) in [5.41, 5.74) is 2.53. The van der Waals surface area contributed by atoms with Crippen molar-refractivity contribution < 1.29 is 14.8 Å². The van der Waals surface area contributed by atoms with Gasteiger partial charge in [0.05, 0.1) is 0 Å². The van der Waals surface area contributed by atoms with Crippen molar-refractivity contribution >= 4 is 12.6 Å². The summed E-state index contributed by atoms with van der Waals surface area (Å²) in [6.07, 6.45) is 1.99. The number of ether oxygens (including phenoxy) is 1. The molecule has 0 amide bonds. The topological polar surface area (TPSA) is 49.7 Å². The van der Waals surface area contributed by atoms with Crippen LogP contribution in [0.4, 0.5) is 0 Å². The minimum absolute atomic E-state index is 0.509. The van der Waals surface area contributed by atoms with Gasteiger partial charge in [0.2, 0.25) is 0 Å². The Labute approximate surface area is 96.5 Å². The van der Waals surface area contributed by atoms with E-state index < -0.39 is 7.12 Å². The predicted octanol–water partition coefficient (Wildman–Crippen LogP) is 1.02. The van der Waals surface area contributed by atoms with Crippen LogP contribution in [-0.2, 0) is 0 Å². The van der Waals surface area contributed by atoms with Crippen LogP contribution >= 0.6 is 0 Å². The Morgan fingerprint density at radius 2 is 2.06 bits per heavy atom. The van der Waals surface area contributed by atoms with Gasteiger partial charge >= 0.3 is 7.12 Å². The highest BCUT2D eigenvalue weighted by Gasteiger charge is 2.13. The Kier molecular flexibility index (Phi) is 4.59. The number of hydrogen-bond acceptors (Lipinski definition) is 3. The molecule has 1 aromatic carbocycles. The van der Waals surface area contributed by atoms with Gasteiger partial charge in [0.15, 0.2) is 0 Å². The van der Waals surface area contributed by atoms with Crippen molar-refractivity contribution in [3.8, 4) is 5.75 Å². The third kappa shape index (κ3) is 3.72. The van der Waals surface area contributed by atoms with Crippen molar-refractivity contribution in [2.24, 2.45) is 0 Å². The molecule has 86 valence electrons. The first-order valence-electron chi connectivity index (χ1n) is 5.23. The second-order valence-electron chi connectivity index (χ2n) is 3.98. The third-order valence-electron chi connectivity index (χ3n) is 2.26. The van der Waals surface area contributed by atoms with E-state index in [9.17, 15) is 0 Å². The summed E-state index contributed by atoms with van der Waals surface area (Å²) in [5.74, 6) is 0.736.